The number of aromatic nitrogens is 4. The van der Waals surface area contributed by atoms with Gasteiger partial charge in [-0.15, -0.1) is 0 Å². The maximum atomic E-state index is 13.3. The summed E-state index contributed by atoms with van der Waals surface area (Å²) in [4.78, 5) is 24.5. The molecule has 0 aromatic carbocycles. The zero-order chi connectivity index (χ0) is 25.2. The molecule has 1 unspecified atom stereocenters. The van der Waals surface area contributed by atoms with E-state index >= 15 is 0 Å². The lowest BCUT2D eigenvalue weighted by Gasteiger charge is -2.40. The Morgan fingerprint density at radius 2 is 1.94 bits per heavy atom. The highest BCUT2D eigenvalue weighted by molar-refractivity contribution is 5.54. The molecule has 0 amide bonds. The number of rotatable bonds is 5. The number of piperidine rings is 1. The van der Waals surface area contributed by atoms with Crippen LogP contribution < -0.4 is 15.8 Å². The maximum Gasteiger partial charge on any atom is 0.418 e. The van der Waals surface area contributed by atoms with Crippen molar-refractivity contribution in [3.8, 4) is 0 Å². The molecular weight excluding hydrogens is 475 g/mol. The molecule has 12 heteroatoms. The third-order valence-electron chi connectivity index (χ3n) is 8.16. The van der Waals surface area contributed by atoms with E-state index in [1.165, 1.54) is 6.20 Å². The maximum absolute atomic E-state index is 13.3. The van der Waals surface area contributed by atoms with E-state index in [4.69, 9.17) is 0 Å². The summed E-state index contributed by atoms with van der Waals surface area (Å²) in [5.41, 5.74) is -0.867. The number of alkyl halides is 3. The van der Waals surface area contributed by atoms with Crippen molar-refractivity contribution in [3.05, 3.63) is 58.0 Å². The second-order valence-corrected chi connectivity index (χ2v) is 10.2. The van der Waals surface area contributed by atoms with Gasteiger partial charge in [-0.2, -0.15) is 18.3 Å². The number of aliphatic hydroxyl groups is 1. The normalized spacial score (nSPS) is 25.9. The number of aromatic amines is 1. The van der Waals surface area contributed by atoms with Crippen molar-refractivity contribution in [2.24, 2.45) is 0 Å². The third-order valence-corrected chi connectivity index (χ3v) is 8.16. The Hall–Kier alpha value is -2.96. The second-order valence-electron chi connectivity index (χ2n) is 10.2. The zero-order valence-corrected chi connectivity index (χ0v) is 19.8. The van der Waals surface area contributed by atoms with Crippen LogP contribution in [-0.2, 0) is 11.6 Å². The molecule has 3 N–H and O–H groups in total. The lowest BCUT2D eigenvalue weighted by molar-refractivity contribution is -0.136. The van der Waals surface area contributed by atoms with Gasteiger partial charge < -0.3 is 15.0 Å². The van der Waals surface area contributed by atoms with E-state index in [9.17, 15) is 23.1 Å². The molecule has 1 saturated carbocycles. The molecular formula is C24H28F3N7O2. The fraction of sp³-hybridized carbons (Fsp3) is 0.542. The molecule has 2 bridgehead atoms. The molecule has 192 valence electrons. The van der Waals surface area contributed by atoms with Gasteiger partial charge in [-0.25, -0.2) is 4.52 Å². The molecule has 1 atom stereocenters. The highest BCUT2D eigenvalue weighted by atomic mass is 19.4. The zero-order valence-electron chi connectivity index (χ0n) is 19.8. The second kappa shape index (κ2) is 8.29. The van der Waals surface area contributed by atoms with Gasteiger partial charge in [0.25, 0.3) is 5.56 Å². The van der Waals surface area contributed by atoms with Crippen molar-refractivity contribution in [3.63, 3.8) is 0 Å². The van der Waals surface area contributed by atoms with Crippen LogP contribution in [-0.4, -0.2) is 68.4 Å². The summed E-state index contributed by atoms with van der Waals surface area (Å²) in [7, 11) is 1.67. The predicted octanol–water partition coefficient (Wildman–Crippen LogP) is 2.03. The molecule has 9 nitrogen and oxygen atoms in total. The van der Waals surface area contributed by atoms with E-state index in [0.29, 0.717) is 23.6 Å². The first-order chi connectivity index (χ1) is 17.2. The van der Waals surface area contributed by atoms with Crippen LogP contribution in [0.4, 0.5) is 18.9 Å². The van der Waals surface area contributed by atoms with Crippen LogP contribution in [0, 0.1) is 0 Å². The van der Waals surface area contributed by atoms with E-state index in [0.717, 1.165) is 61.6 Å². The van der Waals surface area contributed by atoms with Crippen LogP contribution in [0.25, 0.3) is 5.52 Å². The van der Waals surface area contributed by atoms with Crippen LogP contribution in [0.1, 0.15) is 49.0 Å². The Kier molecular flexibility index (Phi) is 5.39. The molecule has 1 aliphatic carbocycles. The van der Waals surface area contributed by atoms with Crippen LogP contribution in [0.3, 0.4) is 0 Å². The summed E-state index contributed by atoms with van der Waals surface area (Å²) in [6.45, 7) is 2.53. The highest BCUT2D eigenvalue weighted by Gasteiger charge is 2.59. The lowest BCUT2D eigenvalue weighted by atomic mass is 9.69. The van der Waals surface area contributed by atoms with Crippen molar-refractivity contribution < 1.29 is 18.3 Å². The molecule has 3 aliphatic heterocycles. The first-order valence-corrected chi connectivity index (χ1v) is 12.2. The molecule has 4 fully saturated rings. The van der Waals surface area contributed by atoms with Crippen LogP contribution in [0.2, 0.25) is 0 Å². The molecule has 0 spiro atoms. The fourth-order valence-corrected chi connectivity index (χ4v) is 6.23. The Bertz CT molecular complexity index is 1320. The lowest BCUT2D eigenvalue weighted by Crippen LogP contribution is -2.46. The van der Waals surface area contributed by atoms with E-state index in [-0.39, 0.29) is 5.41 Å². The topological polar surface area (TPSA) is 102 Å². The number of halogens is 3. The van der Waals surface area contributed by atoms with E-state index in [1.54, 1.807) is 13.2 Å². The smallest absolute Gasteiger partial charge is 0.373 e. The minimum absolute atomic E-state index is 0.314. The first kappa shape index (κ1) is 23.4. The summed E-state index contributed by atoms with van der Waals surface area (Å²) < 4.78 is 40.8. The van der Waals surface area contributed by atoms with Crippen LogP contribution in [0.15, 0.2) is 35.4 Å². The summed E-state index contributed by atoms with van der Waals surface area (Å²) in [5.74, 6) is 0.482. The molecule has 0 radical (unpaired) electrons. The minimum Gasteiger partial charge on any atom is -0.373 e. The molecule has 3 saturated heterocycles. The largest absolute Gasteiger partial charge is 0.418 e. The summed E-state index contributed by atoms with van der Waals surface area (Å²) in [5, 5.41) is 17.0. The number of H-pyrrole nitrogens is 1. The standard InChI is InChI=1S/C24H28F3N7O2/c1-28-20(35)18-3-2-15(12-29-18)32-7-4-14(5-8-32)33-13-23(10-16(33)11-23)22-30-21(36)19-17(24(25,26)27)6-9-34(19)31-22/h2-3,6,9,12,14,16,20,28,35H,4-5,7-8,10-11,13H2,1H3,(H,30,31,36). The van der Waals surface area contributed by atoms with Crippen molar-refractivity contribution >= 4 is 11.2 Å². The summed E-state index contributed by atoms with van der Waals surface area (Å²) >= 11 is 0. The number of nitrogens with zero attached hydrogens (tertiary/aromatic N) is 5. The van der Waals surface area contributed by atoms with Gasteiger partial charge in [0.15, 0.2) is 0 Å². The number of aliphatic hydroxyl groups excluding tert-OH is 1. The van der Waals surface area contributed by atoms with Crippen LogP contribution >= 0.6 is 0 Å². The van der Waals surface area contributed by atoms with Gasteiger partial charge in [-0.3, -0.25) is 20.0 Å². The number of hydrogen-bond donors (Lipinski definition) is 3. The highest BCUT2D eigenvalue weighted by Crippen LogP contribution is 2.53. The Labute approximate surface area is 204 Å². The van der Waals surface area contributed by atoms with Gasteiger partial charge in [-0.05, 0) is 50.9 Å². The van der Waals surface area contributed by atoms with Gasteiger partial charge >= 0.3 is 6.18 Å². The molecule has 7 rings (SSSR count). The monoisotopic (exact) mass is 503 g/mol. The third kappa shape index (κ3) is 3.70. The van der Waals surface area contributed by atoms with E-state index < -0.39 is 29.0 Å². The Morgan fingerprint density at radius 1 is 1.19 bits per heavy atom. The summed E-state index contributed by atoms with van der Waals surface area (Å²) in [6, 6.07) is 5.53. The van der Waals surface area contributed by atoms with Gasteiger partial charge in [-0.1, -0.05) is 0 Å². The van der Waals surface area contributed by atoms with Gasteiger partial charge in [0.2, 0.25) is 0 Å². The Balaban J connectivity index is 1.13. The molecule has 36 heavy (non-hydrogen) atoms. The van der Waals surface area contributed by atoms with Crippen LogP contribution in [0.5, 0.6) is 0 Å². The predicted molar refractivity (Wildman–Crippen MR) is 126 cm³/mol. The van der Waals surface area contributed by atoms with E-state index in [2.05, 4.69) is 30.2 Å². The quantitative estimate of drug-likeness (QED) is 0.458. The average Bonchev–Trinajstić information content (AvgIpc) is 3.55. The minimum atomic E-state index is -4.60. The molecule has 4 aliphatic rings. The fourth-order valence-electron chi connectivity index (χ4n) is 6.23. The van der Waals surface area contributed by atoms with Crippen molar-refractivity contribution in [2.45, 2.75) is 55.6 Å². The SMILES string of the molecule is CNC(O)c1ccc(N2CCC(N3CC4(c5nn6ccc(C(F)(F)F)c6c(=O)[nH]5)CC3C4)CC2)cn1. The first-order valence-electron chi connectivity index (χ1n) is 12.2. The molecule has 3 aromatic rings. The van der Waals surface area contributed by atoms with Gasteiger partial charge in [0.1, 0.15) is 17.6 Å². The number of fused-ring (bicyclic) bond motifs is 2. The molecule has 3 aromatic heterocycles. The number of hydrogen-bond acceptors (Lipinski definition) is 7. The van der Waals surface area contributed by atoms with Gasteiger partial charge in [0.05, 0.1) is 23.1 Å². The van der Waals surface area contributed by atoms with Crippen molar-refractivity contribution in [1.82, 2.24) is 29.8 Å². The van der Waals surface area contributed by atoms with Crippen molar-refractivity contribution in [1.29, 1.82) is 0 Å². The Morgan fingerprint density at radius 3 is 2.58 bits per heavy atom. The van der Waals surface area contributed by atoms with E-state index in [1.807, 2.05) is 12.1 Å². The van der Waals surface area contributed by atoms with Crippen molar-refractivity contribution in [2.75, 3.05) is 31.6 Å². The number of pyridine rings is 1. The van der Waals surface area contributed by atoms with Gasteiger partial charge in [0, 0.05) is 43.3 Å². The number of nitrogens with one attached hydrogen (secondary N) is 2. The number of anilines is 1. The summed E-state index contributed by atoms with van der Waals surface area (Å²) in [6.07, 6.45) is 1.31. The average molecular weight is 504 g/mol. The molecule has 6 heterocycles.